The summed E-state index contributed by atoms with van der Waals surface area (Å²) in [6, 6.07) is 23.8. The van der Waals surface area contributed by atoms with Crippen LogP contribution in [0.5, 0.6) is 0 Å². The average Bonchev–Trinajstić information content (AvgIpc) is 3.75. The van der Waals surface area contributed by atoms with E-state index in [1.807, 2.05) is 87.5 Å². The Balaban J connectivity index is 1.05. The van der Waals surface area contributed by atoms with E-state index in [0.29, 0.717) is 36.2 Å². The maximum Gasteiger partial charge on any atom is 0.410 e. The van der Waals surface area contributed by atoms with Crippen LogP contribution in [-0.4, -0.2) is 93.4 Å². The third-order valence-corrected chi connectivity index (χ3v) is 10.6. The Morgan fingerprint density at radius 3 is 2.42 bits per heavy atom. The van der Waals surface area contributed by atoms with Crippen LogP contribution >= 0.6 is 11.8 Å². The molecule has 0 spiro atoms. The second-order valence-corrected chi connectivity index (χ2v) is 15.6. The Morgan fingerprint density at radius 2 is 1.73 bits per heavy atom. The van der Waals surface area contributed by atoms with Crippen molar-refractivity contribution in [2.75, 3.05) is 43.1 Å². The molecule has 0 bridgehead atoms. The fraction of sp³-hybridized carbons (Fsp3) is 0.366. The van der Waals surface area contributed by atoms with Crippen LogP contribution in [-0.2, 0) is 37.0 Å². The van der Waals surface area contributed by atoms with Crippen LogP contribution in [0.15, 0.2) is 102 Å². The first kappa shape index (κ1) is 38.0. The number of nitrogens with one attached hydrogen (secondary N) is 1. The molecule has 3 aliphatic heterocycles. The lowest BCUT2D eigenvalue weighted by atomic mass is 10.1. The monoisotopic (exact) mass is 763 g/mol. The topological polar surface area (TPSA) is 139 Å². The molecule has 3 aliphatic rings. The first-order chi connectivity index (χ1) is 26.6. The van der Waals surface area contributed by atoms with Gasteiger partial charge in [-0.05, 0) is 68.3 Å². The highest BCUT2D eigenvalue weighted by molar-refractivity contribution is 8.15. The molecule has 55 heavy (non-hydrogen) atoms. The molecule has 3 amide bonds. The summed E-state index contributed by atoms with van der Waals surface area (Å²) in [4.78, 5) is 59.9. The van der Waals surface area contributed by atoms with Crippen molar-refractivity contribution in [2.24, 2.45) is 4.99 Å². The summed E-state index contributed by atoms with van der Waals surface area (Å²) >= 11 is 1.37. The molecule has 0 saturated carbocycles. The second kappa shape index (κ2) is 17.0. The number of hydrogen-bond donors (Lipinski definition) is 1. The van der Waals surface area contributed by atoms with E-state index in [1.165, 1.54) is 16.7 Å². The lowest BCUT2D eigenvalue weighted by molar-refractivity contribution is -0.126. The van der Waals surface area contributed by atoms with Crippen LogP contribution in [0.1, 0.15) is 49.3 Å². The Labute approximate surface area is 325 Å². The van der Waals surface area contributed by atoms with Crippen LogP contribution in [0.4, 0.5) is 21.9 Å². The number of carbonyl (C=O) groups excluding carboxylic acids is 3. The molecule has 286 valence electrons. The molecule has 13 nitrogen and oxygen atoms in total. The third kappa shape index (κ3) is 9.68. The van der Waals surface area contributed by atoms with Gasteiger partial charge >= 0.3 is 6.09 Å². The number of morpholine rings is 1. The number of likely N-dealkylation sites (tertiary alicyclic amines) is 1. The summed E-state index contributed by atoms with van der Waals surface area (Å²) < 4.78 is 17.3. The first-order valence-corrected chi connectivity index (χ1v) is 19.3. The van der Waals surface area contributed by atoms with Crippen molar-refractivity contribution in [1.29, 1.82) is 0 Å². The van der Waals surface area contributed by atoms with Gasteiger partial charge in [-0.3, -0.25) is 29.4 Å². The molecule has 1 N–H and O–H groups in total. The average molecular weight is 764 g/mol. The molecule has 3 atom stereocenters. The number of benzene rings is 3. The Morgan fingerprint density at radius 1 is 0.982 bits per heavy atom. The number of anilines is 2. The summed E-state index contributed by atoms with van der Waals surface area (Å²) in [6.07, 6.45) is 4.25. The summed E-state index contributed by atoms with van der Waals surface area (Å²) in [7, 11) is 0. The SMILES string of the molecule is CC(C)(C)O[C@@H]1C[C@@H](C(=O)Nc2ccc(C3S/C(=N\c4ccc(N5CCOCC5)cc4)N(Cc4cnccn4)C3=O)cc2)N(C(=O)OCc2ccccc2)C1. The van der Waals surface area contributed by atoms with Crippen LogP contribution in [0, 0.1) is 0 Å². The predicted octanol–water partition coefficient (Wildman–Crippen LogP) is 6.35. The van der Waals surface area contributed by atoms with Gasteiger partial charge in [-0.1, -0.05) is 54.2 Å². The molecule has 7 rings (SSSR count). The number of hydrogen-bond acceptors (Lipinski definition) is 11. The van der Waals surface area contributed by atoms with Gasteiger partial charge in [0.1, 0.15) is 17.9 Å². The van der Waals surface area contributed by atoms with Gasteiger partial charge in [0, 0.05) is 43.3 Å². The minimum Gasteiger partial charge on any atom is -0.445 e. The molecular formula is C41H45N7O6S. The van der Waals surface area contributed by atoms with Crippen molar-refractivity contribution in [2.45, 2.75) is 63.3 Å². The Hall–Kier alpha value is -5.31. The number of carbonyl (C=O) groups is 3. The van der Waals surface area contributed by atoms with Gasteiger partial charge in [-0.25, -0.2) is 9.79 Å². The smallest absolute Gasteiger partial charge is 0.410 e. The third-order valence-electron chi connectivity index (χ3n) is 9.34. The van der Waals surface area contributed by atoms with Crippen molar-refractivity contribution < 1.29 is 28.6 Å². The predicted molar refractivity (Wildman–Crippen MR) is 211 cm³/mol. The van der Waals surface area contributed by atoms with Gasteiger partial charge in [0.05, 0.1) is 55.6 Å². The highest BCUT2D eigenvalue weighted by atomic mass is 32.2. The van der Waals surface area contributed by atoms with E-state index in [4.69, 9.17) is 19.2 Å². The Bertz CT molecular complexity index is 1970. The molecule has 1 unspecified atom stereocenters. The van der Waals surface area contributed by atoms with E-state index in [1.54, 1.807) is 35.6 Å². The fourth-order valence-electron chi connectivity index (χ4n) is 6.74. The first-order valence-electron chi connectivity index (χ1n) is 18.4. The van der Waals surface area contributed by atoms with Crippen LogP contribution < -0.4 is 10.2 Å². The minimum absolute atomic E-state index is 0.0957. The van der Waals surface area contributed by atoms with Crippen molar-refractivity contribution in [1.82, 2.24) is 19.8 Å². The lowest BCUT2D eigenvalue weighted by Crippen LogP contribution is -2.43. The normalized spacial score (nSPS) is 20.9. The highest BCUT2D eigenvalue weighted by Gasteiger charge is 2.43. The molecule has 14 heteroatoms. The molecule has 4 heterocycles. The van der Waals surface area contributed by atoms with E-state index in [-0.39, 0.29) is 37.6 Å². The number of thioether (sulfide) groups is 1. The number of amides is 3. The molecule has 0 radical (unpaired) electrons. The van der Waals surface area contributed by atoms with Gasteiger partial charge < -0.3 is 24.4 Å². The largest absolute Gasteiger partial charge is 0.445 e. The van der Waals surface area contributed by atoms with Crippen LogP contribution in [0.3, 0.4) is 0 Å². The molecule has 3 saturated heterocycles. The van der Waals surface area contributed by atoms with E-state index in [2.05, 4.69) is 20.2 Å². The number of aliphatic imine (C=N–C) groups is 1. The van der Waals surface area contributed by atoms with Crippen molar-refractivity contribution in [3.8, 4) is 0 Å². The summed E-state index contributed by atoms with van der Waals surface area (Å²) in [5, 5.41) is 2.97. The molecule has 1 aromatic heterocycles. The van der Waals surface area contributed by atoms with E-state index in [0.717, 1.165) is 35.6 Å². The van der Waals surface area contributed by atoms with Crippen molar-refractivity contribution >= 4 is 51.9 Å². The molecule has 3 fully saturated rings. The number of aromatic nitrogens is 2. The van der Waals surface area contributed by atoms with E-state index < -0.39 is 23.0 Å². The second-order valence-electron chi connectivity index (χ2n) is 14.5. The summed E-state index contributed by atoms with van der Waals surface area (Å²) in [5.41, 5.74) is 4.17. The minimum atomic E-state index is -0.793. The maximum absolute atomic E-state index is 14.0. The summed E-state index contributed by atoms with van der Waals surface area (Å²) in [5.74, 6) is -0.475. The van der Waals surface area contributed by atoms with E-state index in [9.17, 15) is 14.4 Å². The van der Waals surface area contributed by atoms with E-state index >= 15 is 0 Å². The molecule has 0 aliphatic carbocycles. The number of nitrogens with zero attached hydrogens (tertiary/aromatic N) is 6. The van der Waals surface area contributed by atoms with Gasteiger partial charge in [0.2, 0.25) is 11.8 Å². The zero-order valence-corrected chi connectivity index (χ0v) is 32.0. The standard InChI is InChI=1S/C41H45N7O6S/c1-41(2,3)54-34-23-35(47(26-34)40(51)53-27-28-7-5-4-6-8-28)37(49)44-30-11-9-29(10-12-30)36-38(50)48(25-32-24-42-17-18-43-32)39(55-36)45-31-13-15-33(16-14-31)46-19-21-52-22-20-46/h4-18,24,34-36H,19-23,25-27H2,1-3H3,(H,44,49)/b45-39-/t34-,35+,36?/m1/s1. The number of amidine groups is 1. The Kier molecular flexibility index (Phi) is 11.7. The zero-order valence-electron chi connectivity index (χ0n) is 31.2. The van der Waals surface area contributed by atoms with Gasteiger partial charge in [0.25, 0.3) is 0 Å². The molecular weight excluding hydrogens is 719 g/mol. The van der Waals surface area contributed by atoms with Gasteiger partial charge in [0.15, 0.2) is 5.17 Å². The molecule has 3 aromatic carbocycles. The quantitative estimate of drug-likeness (QED) is 0.195. The molecule has 4 aromatic rings. The van der Waals surface area contributed by atoms with Gasteiger partial charge in [-0.15, -0.1) is 0 Å². The van der Waals surface area contributed by atoms with Crippen molar-refractivity contribution in [3.05, 3.63) is 114 Å². The van der Waals surface area contributed by atoms with Crippen LogP contribution in [0.25, 0.3) is 0 Å². The van der Waals surface area contributed by atoms with Crippen molar-refractivity contribution in [3.63, 3.8) is 0 Å². The lowest BCUT2D eigenvalue weighted by Gasteiger charge is -2.28. The van der Waals surface area contributed by atoms with Gasteiger partial charge in [-0.2, -0.15) is 0 Å². The number of rotatable bonds is 10. The zero-order chi connectivity index (χ0) is 38.4. The summed E-state index contributed by atoms with van der Waals surface area (Å²) in [6.45, 7) is 9.47. The maximum atomic E-state index is 14.0. The van der Waals surface area contributed by atoms with Crippen LogP contribution in [0.2, 0.25) is 0 Å². The number of ether oxygens (including phenoxy) is 3. The highest BCUT2D eigenvalue weighted by Crippen LogP contribution is 2.41. The fourth-order valence-corrected chi connectivity index (χ4v) is 7.92.